The number of halogens is 2. The van der Waals surface area contributed by atoms with Crippen molar-refractivity contribution in [1.29, 1.82) is 0 Å². The van der Waals surface area contributed by atoms with Gasteiger partial charge >= 0.3 is 11.9 Å². The Labute approximate surface area is 152 Å². The van der Waals surface area contributed by atoms with Gasteiger partial charge in [0.1, 0.15) is 4.49 Å². The van der Waals surface area contributed by atoms with Crippen LogP contribution >= 0.6 is 23.2 Å². The van der Waals surface area contributed by atoms with Crippen molar-refractivity contribution in [2.45, 2.75) is 41.5 Å². The molecular formula is C18H24Cl2O4. The molecule has 2 N–H and O–H groups in total. The van der Waals surface area contributed by atoms with Crippen LogP contribution in [-0.2, 0) is 9.59 Å². The number of aliphatic carboxylic acids is 2. The Kier molecular flexibility index (Phi) is 4.23. The van der Waals surface area contributed by atoms with Crippen molar-refractivity contribution >= 4 is 35.1 Å². The average Bonchev–Trinajstić information content (AvgIpc) is 3.05. The van der Waals surface area contributed by atoms with Crippen molar-refractivity contribution in [3.8, 4) is 0 Å². The summed E-state index contributed by atoms with van der Waals surface area (Å²) in [6.07, 6.45) is 3.37. The van der Waals surface area contributed by atoms with E-state index in [0.717, 1.165) is 5.57 Å². The third kappa shape index (κ3) is 1.93. The Hall–Kier alpha value is -1.00. The van der Waals surface area contributed by atoms with Gasteiger partial charge in [0.05, 0.1) is 10.8 Å². The van der Waals surface area contributed by atoms with Gasteiger partial charge in [-0.1, -0.05) is 62.5 Å². The topological polar surface area (TPSA) is 74.6 Å². The molecule has 0 aliphatic heterocycles. The maximum atomic E-state index is 12.4. The molecule has 0 amide bonds. The summed E-state index contributed by atoms with van der Waals surface area (Å²) in [4.78, 5) is 24.8. The lowest BCUT2D eigenvalue weighted by molar-refractivity contribution is -0.162. The number of carbonyl (C=O) groups is 2. The van der Waals surface area contributed by atoms with Crippen molar-refractivity contribution in [2.24, 2.45) is 33.5 Å². The van der Waals surface area contributed by atoms with E-state index in [1.165, 1.54) is 6.08 Å². The Balaban J connectivity index is 2.76. The summed E-state index contributed by atoms with van der Waals surface area (Å²) < 4.78 is -0.0334. The smallest absolute Gasteiger partial charge is 0.312 e. The second-order valence-corrected chi connectivity index (χ2v) is 9.33. The molecule has 0 bridgehead atoms. The maximum Gasteiger partial charge on any atom is 0.312 e. The van der Waals surface area contributed by atoms with Crippen LogP contribution in [0.5, 0.6) is 0 Å². The van der Waals surface area contributed by atoms with E-state index in [9.17, 15) is 19.8 Å². The van der Waals surface area contributed by atoms with Crippen molar-refractivity contribution in [1.82, 2.24) is 0 Å². The molecule has 134 valence electrons. The first-order chi connectivity index (χ1) is 10.7. The maximum absolute atomic E-state index is 12.4. The van der Waals surface area contributed by atoms with Crippen LogP contribution in [0.15, 0.2) is 22.2 Å². The van der Waals surface area contributed by atoms with E-state index in [1.807, 2.05) is 33.8 Å². The van der Waals surface area contributed by atoms with E-state index in [0.29, 0.717) is 0 Å². The highest BCUT2D eigenvalue weighted by Gasteiger charge is 2.96. The zero-order valence-corrected chi connectivity index (χ0v) is 16.3. The Bertz CT molecular complexity index is 611. The first-order valence-electron chi connectivity index (χ1n) is 7.88. The molecule has 4 nitrogen and oxygen atoms in total. The zero-order valence-electron chi connectivity index (χ0n) is 14.8. The van der Waals surface area contributed by atoms with Gasteiger partial charge in [-0.05, 0) is 30.8 Å². The zero-order chi connectivity index (χ0) is 18.9. The minimum Gasteiger partial charge on any atom is -0.481 e. The second kappa shape index (κ2) is 5.25. The lowest BCUT2D eigenvalue weighted by atomic mass is 9.73. The van der Waals surface area contributed by atoms with Gasteiger partial charge in [-0.25, -0.2) is 0 Å². The monoisotopic (exact) mass is 374 g/mol. The van der Waals surface area contributed by atoms with E-state index in [-0.39, 0.29) is 10.4 Å². The molecule has 4 unspecified atom stereocenters. The predicted octanol–water partition coefficient (Wildman–Crippen LogP) is 4.73. The molecule has 2 rings (SSSR count). The van der Waals surface area contributed by atoms with Crippen LogP contribution in [0, 0.1) is 33.5 Å². The molecule has 0 aromatic rings. The van der Waals surface area contributed by atoms with Gasteiger partial charge in [0, 0.05) is 11.8 Å². The van der Waals surface area contributed by atoms with Crippen molar-refractivity contribution in [3.05, 3.63) is 22.2 Å². The average molecular weight is 375 g/mol. The molecule has 2 aliphatic rings. The highest BCUT2D eigenvalue weighted by molar-refractivity contribution is 6.55. The van der Waals surface area contributed by atoms with Crippen LogP contribution in [0.25, 0.3) is 0 Å². The fourth-order valence-electron chi connectivity index (χ4n) is 5.39. The van der Waals surface area contributed by atoms with Crippen LogP contribution in [0.4, 0.5) is 0 Å². The summed E-state index contributed by atoms with van der Waals surface area (Å²) in [5.74, 6) is -3.09. The van der Waals surface area contributed by atoms with E-state index < -0.39 is 39.5 Å². The lowest BCUT2D eigenvalue weighted by Gasteiger charge is -2.27. The van der Waals surface area contributed by atoms with Crippen LogP contribution in [0.3, 0.4) is 0 Å². The first kappa shape index (κ1) is 19.3. The SMILES string of the molecule is CC(C)=CC1C(C)(C)C1(C(=O)O)C1(C(=O)O)C(C=C(Cl)Cl)C1(C)C. The van der Waals surface area contributed by atoms with Crippen molar-refractivity contribution in [3.63, 3.8) is 0 Å². The van der Waals surface area contributed by atoms with Crippen LogP contribution < -0.4 is 0 Å². The Morgan fingerprint density at radius 3 is 1.42 bits per heavy atom. The van der Waals surface area contributed by atoms with Crippen molar-refractivity contribution in [2.75, 3.05) is 0 Å². The molecule has 0 aromatic carbocycles. The second-order valence-electron chi connectivity index (χ2n) is 8.33. The molecule has 4 atom stereocenters. The number of allylic oxidation sites excluding steroid dienone is 3. The number of carboxylic acids is 2. The summed E-state index contributed by atoms with van der Waals surface area (Å²) in [6.45, 7) is 11.0. The van der Waals surface area contributed by atoms with E-state index in [2.05, 4.69) is 0 Å². The molecule has 0 aromatic heterocycles. The van der Waals surface area contributed by atoms with Gasteiger partial charge in [0.2, 0.25) is 0 Å². The molecule has 0 spiro atoms. The molecule has 6 heteroatoms. The fraction of sp³-hybridized carbons (Fsp3) is 0.667. The van der Waals surface area contributed by atoms with Gasteiger partial charge in [-0.3, -0.25) is 9.59 Å². The van der Waals surface area contributed by atoms with E-state index >= 15 is 0 Å². The van der Waals surface area contributed by atoms with Gasteiger partial charge in [0.25, 0.3) is 0 Å². The Morgan fingerprint density at radius 2 is 1.17 bits per heavy atom. The van der Waals surface area contributed by atoms with Crippen LogP contribution in [0.2, 0.25) is 0 Å². The summed E-state index contributed by atoms with van der Waals surface area (Å²) in [6, 6.07) is 0. The molecule has 2 saturated carbocycles. The fourth-order valence-corrected chi connectivity index (χ4v) is 5.65. The van der Waals surface area contributed by atoms with E-state index in [1.54, 1.807) is 13.8 Å². The molecule has 24 heavy (non-hydrogen) atoms. The largest absolute Gasteiger partial charge is 0.481 e. The van der Waals surface area contributed by atoms with Gasteiger partial charge in [-0.2, -0.15) is 0 Å². The Morgan fingerprint density at radius 1 is 0.833 bits per heavy atom. The first-order valence-corrected chi connectivity index (χ1v) is 8.64. The lowest BCUT2D eigenvalue weighted by Crippen LogP contribution is -2.41. The highest BCUT2D eigenvalue weighted by Crippen LogP contribution is 2.90. The molecule has 0 saturated heterocycles. The van der Waals surface area contributed by atoms with Crippen LogP contribution in [-0.4, -0.2) is 22.2 Å². The summed E-state index contributed by atoms with van der Waals surface area (Å²) >= 11 is 11.6. The van der Waals surface area contributed by atoms with Gasteiger partial charge < -0.3 is 10.2 Å². The minimum atomic E-state index is -1.46. The molecule has 0 radical (unpaired) electrons. The number of carboxylic acid groups (broad SMARTS) is 2. The normalized spacial score (nSPS) is 38.0. The predicted molar refractivity (Wildman–Crippen MR) is 93.9 cm³/mol. The van der Waals surface area contributed by atoms with Gasteiger partial charge in [-0.15, -0.1) is 0 Å². The number of hydrogen-bond donors (Lipinski definition) is 2. The summed E-state index contributed by atoms with van der Waals surface area (Å²) in [7, 11) is 0. The highest BCUT2D eigenvalue weighted by atomic mass is 35.5. The quantitative estimate of drug-likeness (QED) is 0.682. The molecule has 0 heterocycles. The van der Waals surface area contributed by atoms with Crippen molar-refractivity contribution < 1.29 is 19.8 Å². The third-order valence-corrected chi connectivity index (χ3v) is 6.70. The molecule has 2 fully saturated rings. The molecular weight excluding hydrogens is 351 g/mol. The standard InChI is InChI=1S/C18H24Cl2O4/c1-9(2)7-10-15(3,4)17(10,13(21)22)18(14(23)24)11(8-12(19)20)16(18,5)6/h7-8,10-11H,1-6H3,(H,21,22)(H,23,24). The van der Waals surface area contributed by atoms with E-state index in [4.69, 9.17) is 23.2 Å². The minimum absolute atomic E-state index is 0.0334. The number of hydrogen-bond acceptors (Lipinski definition) is 2. The van der Waals surface area contributed by atoms with Gasteiger partial charge in [0.15, 0.2) is 0 Å². The number of rotatable bonds is 5. The van der Waals surface area contributed by atoms with Crippen LogP contribution in [0.1, 0.15) is 41.5 Å². The summed E-state index contributed by atoms with van der Waals surface area (Å²) in [5.41, 5.74) is -3.35. The third-order valence-electron chi connectivity index (χ3n) is 6.44. The molecule has 2 aliphatic carbocycles. The summed E-state index contributed by atoms with van der Waals surface area (Å²) in [5, 5.41) is 20.3.